The van der Waals surface area contributed by atoms with Crippen LogP contribution in [0.2, 0.25) is 5.02 Å². The Morgan fingerprint density at radius 1 is 1.29 bits per heavy atom. The van der Waals surface area contributed by atoms with Crippen molar-refractivity contribution in [2.75, 3.05) is 5.73 Å². The van der Waals surface area contributed by atoms with Gasteiger partial charge < -0.3 is 10.8 Å². The molecule has 1 aromatic carbocycles. The molecule has 1 heterocycles. The summed E-state index contributed by atoms with van der Waals surface area (Å²) in [7, 11) is 0. The maximum absolute atomic E-state index is 11.1. The zero-order valence-corrected chi connectivity index (χ0v) is 9.48. The zero-order chi connectivity index (χ0) is 12.4. The zero-order valence-electron chi connectivity index (χ0n) is 8.72. The molecule has 0 radical (unpaired) electrons. The molecule has 1 aromatic heterocycles. The number of carboxylic acid groups (broad SMARTS) is 1. The molecule has 2 aromatic rings. The summed E-state index contributed by atoms with van der Waals surface area (Å²) < 4.78 is 0. The molecular weight excluding hydrogens is 240 g/mol. The van der Waals surface area contributed by atoms with Crippen molar-refractivity contribution in [3.05, 3.63) is 47.1 Å². The lowest BCUT2D eigenvalue weighted by molar-refractivity contribution is 0.0697. The van der Waals surface area contributed by atoms with E-state index in [0.717, 1.165) is 5.56 Å². The Hall–Kier alpha value is -2.07. The SMILES string of the molecule is Nc1cc(C(=O)O)c(-c2ccc(Cl)cc2)cn1. The molecule has 0 spiro atoms. The molecule has 0 amide bonds. The monoisotopic (exact) mass is 248 g/mol. The average Bonchev–Trinajstić information content (AvgIpc) is 2.30. The van der Waals surface area contributed by atoms with Crippen molar-refractivity contribution in [2.45, 2.75) is 0 Å². The van der Waals surface area contributed by atoms with Gasteiger partial charge in [-0.3, -0.25) is 0 Å². The standard InChI is InChI=1S/C12H9ClN2O2/c13-8-3-1-7(2-4-8)10-6-15-11(14)5-9(10)12(16)17/h1-6H,(H2,14,15)(H,16,17). The summed E-state index contributed by atoms with van der Waals surface area (Å²) in [5.74, 6) is -0.857. The van der Waals surface area contributed by atoms with Crippen LogP contribution in [0, 0.1) is 0 Å². The van der Waals surface area contributed by atoms with Crippen molar-refractivity contribution < 1.29 is 9.90 Å². The van der Waals surface area contributed by atoms with Gasteiger partial charge in [0, 0.05) is 16.8 Å². The van der Waals surface area contributed by atoms with Gasteiger partial charge in [0.05, 0.1) is 5.56 Å². The van der Waals surface area contributed by atoms with Gasteiger partial charge in [-0.05, 0) is 23.8 Å². The molecule has 17 heavy (non-hydrogen) atoms. The van der Waals surface area contributed by atoms with Crippen LogP contribution >= 0.6 is 11.6 Å². The predicted octanol–water partition coefficient (Wildman–Crippen LogP) is 2.68. The van der Waals surface area contributed by atoms with Crippen LogP contribution in [0.15, 0.2) is 36.5 Å². The number of hydrogen-bond acceptors (Lipinski definition) is 3. The van der Waals surface area contributed by atoms with E-state index in [2.05, 4.69) is 4.98 Å². The number of nitrogens with two attached hydrogens (primary N) is 1. The minimum absolute atomic E-state index is 0.125. The fourth-order valence-corrected chi connectivity index (χ4v) is 1.63. The molecule has 0 aliphatic carbocycles. The first-order valence-electron chi connectivity index (χ1n) is 4.82. The van der Waals surface area contributed by atoms with Crippen LogP contribution in [0.1, 0.15) is 10.4 Å². The van der Waals surface area contributed by atoms with Crippen molar-refractivity contribution in [3.63, 3.8) is 0 Å². The Morgan fingerprint density at radius 3 is 2.53 bits per heavy atom. The summed E-state index contributed by atoms with van der Waals surface area (Å²) in [6, 6.07) is 8.20. The van der Waals surface area contributed by atoms with Crippen LogP contribution < -0.4 is 5.73 Å². The molecule has 5 heteroatoms. The van der Waals surface area contributed by atoms with Gasteiger partial charge >= 0.3 is 5.97 Å². The second kappa shape index (κ2) is 4.43. The Kier molecular flexibility index (Phi) is 2.97. The molecule has 0 fully saturated rings. The van der Waals surface area contributed by atoms with Crippen LogP contribution in [0.3, 0.4) is 0 Å². The Balaban J connectivity index is 2.58. The molecular formula is C12H9ClN2O2. The number of nitrogens with zero attached hydrogens (tertiary/aromatic N) is 1. The second-order valence-corrected chi connectivity index (χ2v) is 3.90. The van der Waals surface area contributed by atoms with Crippen LogP contribution in [-0.2, 0) is 0 Å². The Morgan fingerprint density at radius 2 is 1.94 bits per heavy atom. The minimum Gasteiger partial charge on any atom is -0.478 e. The summed E-state index contributed by atoms with van der Waals surface area (Å²) in [6.07, 6.45) is 1.45. The van der Waals surface area contributed by atoms with Gasteiger partial charge in [-0.15, -0.1) is 0 Å². The van der Waals surface area contributed by atoms with Crippen molar-refractivity contribution in [1.82, 2.24) is 4.98 Å². The molecule has 0 aliphatic heterocycles. The first kappa shape index (κ1) is 11.4. The molecule has 0 saturated heterocycles. The summed E-state index contributed by atoms with van der Waals surface area (Å²) in [5, 5.41) is 9.69. The lowest BCUT2D eigenvalue weighted by Gasteiger charge is -2.06. The van der Waals surface area contributed by atoms with E-state index in [0.29, 0.717) is 10.6 Å². The van der Waals surface area contributed by atoms with Gasteiger partial charge in [0.25, 0.3) is 0 Å². The third-order valence-corrected chi connectivity index (χ3v) is 2.56. The normalized spacial score (nSPS) is 10.2. The predicted molar refractivity (Wildman–Crippen MR) is 66.1 cm³/mol. The minimum atomic E-state index is -1.04. The van der Waals surface area contributed by atoms with E-state index in [-0.39, 0.29) is 11.4 Å². The number of hydrogen-bond donors (Lipinski definition) is 2. The highest BCUT2D eigenvalue weighted by atomic mass is 35.5. The Labute approximate surface area is 103 Å². The number of nitrogen functional groups attached to an aromatic ring is 1. The number of pyridine rings is 1. The molecule has 0 atom stereocenters. The van der Waals surface area contributed by atoms with Crippen LogP contribution in [-0.4, -0.2) is 16.1 Å². The molecule has 0 saturated carbocycles. The lowest BCUT2D eigenvalue weighted by atomic mass is 10.0. The lowest BCUT2D eigenvalue weighted by Crippen LogP contribution is -2.02. The van der Waals surface area contributed by atoms with Gasteiger partial charge in [-0.2, -0.15) is 0 Å². The highest BCUT2D eigenvalue weighted by Gasteiger charge is 2.12. The summed E-state index contributed by atoms with van der Waals surface area (Å²) in [6.45, 7) is 0. The van der Waals surface area contributed by atoms with E-state index in [4.69, 9.17) is 22.4 Å². The quantitative estimate of drug-likeness (QED) is 0.857. The third-order valence-electron chi connectivity index (χ3n) is 2.31. The van der Waals surface area contributed by atoms with Crippen molar-refractivity contribution in [1.29, 1.82) is 0 Å². The van der Waals surface area contributed by atoms with E-state index in [1.807, 2.05) is 0 Å². The fourth-order valence-electron chi connectivity index (χ4n) is 1.51. The summed E-state index contributed by atoms with van der Waals surface area (Å²) >= 11 is 5.77. The van der Waals surface area contributed by atoms with E-state index >= 15 is 0 Å². The van der Waals surface area contributed by atoms with Gasteiger partial charge in [0.1, 0.15) is 5.82 Å². The van der Waals surface area contributed by atoms with Gasteiger partial charge in [0.2, 0.25) is 0 Å². The first-order valence-corrected chi connectivity index (χ1v) is 5.20. The topological polar surface area (TPSA) is 76.2 Å². The maximum atomic E-state index is 11.1. The molecule has 0 bridgehead atoms. The molecule has 4 nitrogen and oxygen atoms in total. The van der Waals surface area contributed by atoms with Gasteiger partial charge in [0.15, 0.2) is 0 Å². The average molecular weight is 249 g/mol. The highest BCUT2D eigenvalue weighted by Crippen LogP contribution is 2.25. The Bertz CT molecular complexity index is 567. The summed E-state index contributed by atoms with van der Waals surface area (Å²) in [4.78, 5) is 15.0. The van der Waals surface area contributed by atoms with E-state index in [1.165, 1.54) is 12.3 Å². The van der Waals surface area contributed by atoms with Crippen molar-refractivity contribution in [2.24, 2.45) is 0 Å². The fraction of sp³-hybridized carbons (Fsp3) is 0. The van der Waals surface area contributed by atoms with Crippen LogP contribution in [0.25, 0.3) is 11.1 Å². The first-order chi connectivity index (χ1) is 8.08. The molecule has 0 aliphatic rings. The number of halogens is 1. The highest BCUT2D eigenvalue weighted by molar-refractivity contribution is 6.30. The number of aromatic nitrogens is 1. The smallest absolute Gasteiger partial charge is 0.336 e. The van der Waals surface area contributed by atoms with E-state index in [1.54, 1.807) is 24.3 Å². The van der Waals surface area contributed by atoms with Crippen molar-refractivity contribution >= 4 is 23.4 Å². The largest absolute Gasteiger partial charge is 0.478 e. The number of carboxylic acids is 1. The van der Waals surface area contributed by atoms with Gasteiger partial charge in [-0.25, -0.2) is 9.78 Å². The molecule has 86 valence electrons. The number of carbonyl (C=O) groups is 1. The van der Waals surface area contributed by atoms with E-state index < -0.39 is 5.97 Å². The number of benzene rings is 1. The third kappa shape index (κ3) is 2.37. The number of aromatic carboxylic acids is 1. The van der Waals surface area contributed by atoms with Crippen molar-refractivity contribution in [3.8, 4) is 11.1 Å². The summed E-state index contributed by atoms with van der Waals surface area (Å²) in [5.41, 5.74) is 6.85. The van der Waals surface area contributed by atoms with E-state index in [9.17, 15) is 4.79 Å². The molecule has 0 unspecified atom stereocenters. The van der Waals surface area contributed by atoms with Crippen LogP contribution in [0.5, 0.6) is 0 Å². The van der Waals surface area contributed by atoms with Crippen LogP contribution in [0.4, 0.5) is 5.82 Å². The molecule has 3 N–H and O–H groups in total. The molecule has 2 rings (SSSR count). The number of anilines is 1. The maximum Gasteiger partial charge on any atom is 0.336 e. The second-order valence-electron chi connectivity index (χ2n) is 3.47. The van der Waals surface area contributed by atoms with Gasteiger partial charge in [-0.1, -0.05) is 23.7 Å². The number of rotatable bonds is 2.